The first-order valence-corrected chi connectivity index (χ1v) is 12.8. The molecule has 0 radical (unpaired) electrons. The minimum atomic E-state index is -0.637. The molecule has 2 aromatic carbocycles. The number of benzene rings is 2. The Morgan fingerprint density at radius 3 is 2.54 bits per heavy atom. The zero-order chi connectivity index (χ0) is 25.8. The maximum Gasteiger partial charge on any atom is 0.342 e. The first-order chi connectivity index (χ1) is 18.1. The van der Waals surface area contributed by atoms with E-state index in [9.17, 15) is 9.59 Å². The number of morpholine rings is 1. The second kappa shape index (κ2) is 10.9. The molecular formula is C27H25N5O4S. The number of thiophene rings is 1. The number of aromatic nitrogens is 2. The molecule has 0 bridgehead atoms. The lowest BCUT2D eigenvalue weighted by Crippen LogP contribution is -2.40. The quantitative estimate of drug-likeness (QED) is 0.267. The predicted octanol–water partition coefficient (Wildman–Crippen LogP) is 4.91. The summed E-state index contributed by atoms with van der Waals surface area (Å²) in [6.07, 6.45) is 0. The Kier molecular flexibility index (Phi) is 7.23. The number of fused-ring (bicyclic) bond motifs is 1. The van der Waals surface area contributed by atoms with E-state index in [1.807, 2.05) is 66.4 Å². The van der Waals surface area contributed by atoms with Gasteiger partial charge in [0.15, 0.2) is 0 Å². The zero-order valence-corrected chi connectivity index (χ0v) is 21.3. The minimum absolute atomic E-state index is 0.0733. The van der Waals surface area contributed by atoms with Crippen LogP contribution < -0.4 is 10.5 Å². The molecule has 0 N–H and O–H groups in total. The number of aliphatic imine (C=N–C) groups is 2. The van der Waals surface area contributed by atoms with E-state index in [1.54, 1.807) is 6.92 Å². The fourth-order valence-electron chi connectivity index (χ4n) is 4.03. The lowest BCUT2D eigenvalue weighted by atomic mass is 10.2. The van der Waals surface area contributed by atoms with Crippen molar-refractivity contribution in [3.05, 3.63) is 76.1 Å². The number of anilines is 1. The van der Waals surface area contributed by atoms with Crippen molar-refractivity contribution in [2.45, 2.75) is 13.8 Å². The normalized spacial score (nSPS) is 13.3. The van der Waals surface area contributed by atoms with Crippen LogP contribution in [0.25, 0.3) is 15.9 Å². The fourth-order valence-corrected chi connectivity index (χ4v) is 5.01. The molecule has 0 spiro atoms. The highest BCUT2D eigenvalue weighted by Gasteiger charge is 2.28. The van der Waals surface area contributed by atoms with Crippen LogP contribution in [0.5, 0.6) is 0 Å². The lowest BCUT2D eigenvalue weighted by Gasteiger charge is -2.29. The Hall–Kier alpha value is -4.11. The van der Waals surface area contributed by atoms with E-state index < -0.39 is 5.97 Å². The largest absolute Gasteiger partial charge is 0.462 e. The van der Waals surface area contributed by atoms with E-state index >= 15 is 0 Å². The van der Waals surface area contributed by atoms with Gasteiger partial charge in [-0.15, -0.1) is 0 Å². The van der Waals surface area contributed by atoms with Gasteiger partial charge < -0.3 is 14.4 Å². The van der Waals surface area contributed by atoms with Crippen LogP contribution in [-0.2, 0) is 9.47 Å². The van der Waals surface area contributed by atoms with Crippen LogP contribution in [0.1, 0.15) is 22.8 Å². The van der Waals surface area contributed by atoms with Gasteiger partial charge in [-0.3, -0.25) is 4.79 Å². The zero-order valence-electron chi connectivity index (χ0n) is 20.5. The van der Waals surface area contributed by atoms with Crippen LogP contribution in [0.15, 0.2) is 69.4 Å². The van der Waals surface area contributed by atoms with Crippen molar-refractivity contribution in [3.8, 4) is 5.69 Å². The molecule has 1 fully saturated rings. The van der Waals surface area contributed by atoms with Gasteiger partial charge in [0.05, 0.1) is 36.6 Å². The third kappa shape index (κ3) is 5.08. The molecule has 3 heterocycles. The molecule has 1 aliphatic heterocycles. The number of carbonyl (C=O) groups excluding carboxylic acids is 1. The smallest absolute Gasteiger partial charge is 0.342 e. The summed E-state index contributed by atoms with van der Waals surface area (Å²) in [5.41, 5.74) is 2.14. The van der Waals surface area contributed by atoms with Crippen molar-refractivity contribution in [2.24, 2.45) is 9.98 Å². The van der Waals surface area contributed by atoms with Gasteiger partial charge in [-0.2, -0.15) is 9.98 Å². The molecule has 0 saturated carbocycles. The lowest BCUT2D eigenvalue weighted by molar-refractivity contribution is 0.0530. The van der Waals surface area contributed by atoms with E-state index in [2.05, 4.69) is 16.0 Å². The van der Waals surface area contributed by atoms with Gasteiger partial charge in [-0.1, -0.05) is 47.2 Å². The first kappa shape index (κ1) is 24.6. The topological polar surface area (TPSA) is 98.4 Å². The van der Waals surface area contributed by atoms with Crippen molar-refractivity contribution in [2.75, 3.05) is 37.8 Å². The number of hydrogen-bond donors (Lipinski definition) is 0. The van der Waals surface area contributed by atoms with Crippen LogP contribution in [0.4, 0.5) is 16.6 Å². The molecule has 1 aliphatic rings. The SMILES string of the molecule is CCOC(=O)c1c(N=C=Nc2ccc(C)cc2)sc2nc(N3CCOCC3)n(-c3ccccc3)c(=O)c12. The molecular weight excluding hydrogens is 490 g/mol. The van der Waals surface area contributed by atoms with Crippen LogP contribution in [-0.4, -0.2) is 54.4 Å². The number of para-hydroxylation sites is 1. The summed E-state index contributed by atoms with van der Waals surface area (Å²) < 4.78 is 12.3. The number of esters is 1. The van der Waals surface area contributed by atoms with E-state index in [0.29, 0.717) is 48.5 Å². The van der Waals surface area contributed by atoms with E-state index in [-0.39, 0.29) is 28.1 Å². The Morgan fingerprint density at radius 1 is 1.11 bits per heavy atom. The van der Waals surface area contributed by atoms with Crippen molar-refractivity contribution < 1.29 is 14.3 Å². The number of ether oxygens (including phenoxy) is 2. The molecule has 2 aromatic heterocycles. The van der Waals surface area contributed by atoms with Gasteiger partial charge in [-0.25, -0.2) is 14.3 Å². The van der Waals surface area contributed by atoms with Crippen LogP contribution in [0, 0.1) is 6.92 Å². The van der Waals surface area contributed by atoms with Crippen molar-refractivity contribution in [3.63, 3.8) is 0 Å². The van der Waals surface area contributed by atoms with Crippen molar-refractivity contribution in [1.82, 2.24) is 9.55 Å². The molecule has 1 saturated heterocycles. The highest BCUT2D eigenvalue weighted by atomic mass is 32.1. The van der Waals surface area contributed by atoms with E-state index in [1.165, 1.54) is 4.57 Å². The van der Waals surface area contributed by atoms with Gasteiger partial charge in [0.25, 0.3) is 5.56 Å². The maximum atomic E-state index is 14.0. The second-order valence-electron chi connectivity index (χ2n) is 8.33. The third-order valence-electron chi connectivity index (χ3n) is 5.84. The second-order valence-corrected chi connectivity index (χ2v) is 9.31. The van der Waals surface area contributed by atoms with Gasteiger partial charge in [0, 0.05) is 13.1 Å². The molecule has 4 aromatic rings. The van der Waals surface area contributed by atoms with Gasteiger partial charge in [-0.05, 0) is 38.1 Å². The molecule has 0 unspecified atom stereocenters. The number of nitrogens with zero attached hydrogens (tertiary/aromatic N) is 5. The van der Waals surface area contributed by atoms with E-state index in [0.717, 1.165) is 16.9 Å². The number of rotatable bonds is 6. The maximum absolute atomic E-state index is 14.0. The third-order valence-corrected chi connectivity index (χ3v) is 6.82. The van der Waals surface area contributed by atoms with Crippen molar-refractivity contribution in [1.29, 1.82) is 0 Å². The molecule has 0 amide bonds. The van der Waals surface area contributed by atoms with Crippen LogP contribution in [0.3, 0.4) is 0 Å². The van der Waals surface area contributed by atoms with Gasteiger partial charge in [0.2, 0.25) is 5.95 Å². The fraction of sp³-hybridized carbons (Fsp3) is 0.259. The van der Waals surface area contributed by atoms with Gasteiger partial charge in [0.1, 0.15) is 21.4 Å². The minimum Gasteiger partial charge on any atom is -0.462 e. The molecule has 10 heteroatoms. The predicted molar refractivity (Wildman–Crippen MR) is 145 cm³/mol. The number of carbonyl (C=O) groups is 1. The number of aryl methyl sites for hydroxylation is 1. The average Bonchev–Trinajstić information content (AvgIpc) is 3.29. The standard InChI is InChI=1S/C27H25N5O4S/c1-3-36-26(34)22-21-24(37-23(22)29-17-28-19-11-9-18(2)10-12-19)30-27(31-13-15-35-16-14-31)32(25(21)33)20-7-5-4-6-8-20/h4-12H,3,13-16H2,1-2H3. The molecule has 0 atom stereocenters. The monoisotopic (exact) mass is 515 g/mol. The molecule has 5 rings (SSSR count). The summed E-state index contributed by atoms with van der Waals surface area (Å²) in [6, 6.07) is 19.5. The molecule has 37 heavy (non-hydrogen) atoms. The van der Waals surface area contributed by atoms with Crippen LogP contribution >= 0.6 is 11.3 Å². The highest BCUT2D eigenvalue weighted by molar-refractivity contribution is 7.22. The Morgan fingerprint density at radius 2 is 1.84 bits per heavy atom. The average molecular weight is 516 g/mol. The Labute approximate surface area is 217 Å². The Bertz CT molecular complexity index is 1550. The van der Waals surface area contributed by atoms with Crippen molar-refractivity contribution >= 4 is 50.2 Å². The van der Waals surface area contributed by atoms with E-state index in [4.69, 9.17) is 14.5 Å². The summed E-state index contributed by atoms with van der Waals surface area (Å²) in [4.78, 5) is 43.0. The Balaban J connectivity index is 1.73. The summed E-state index contributed by atoms with van der Waals surface area (Å²) in [5.74, 6) is -0.144. The van der Waals surface area contributed by atoms with Gasteiger partial charge >= 0.3 is 5.97 Å². The molecule has 9 nitrogen and oxygen atoms in total. The highest BCUT2D eigenvalue weighted by Crippen LogP contribution is 2.37. The summed E-state index contributed by atoms with van der Waals surface area (Å²) in [7, 11) is 0. The summed E-state index contributed by atoms with van der Waals surface area (Å²) >= 11 is 1.14. The van der Waals surface area contributed by atoms with Crippen LogP contribution in [0.2, 0.25) is 0 Å². The first-order valence-electron chi connectivity index (χ1n) is 11.9. The number of hydrogen-bond acceptors (Lipinski definition) is 9. The molecule has 188 valence electrons. The molecule has 0 aliphatic carbocycles. The summed E-state index contributed by atoms with van der Waals surface area (Å²) in [5, 5.41) is 0.438. The summed E-state index contributed by atoms with van der Waals surface area (Å²) in [6.45, 7) is 6.11.